The summed E-state index contributed by atoms with van der Waals surface area (Å²) in [7, 11) is 3.79. The Balaban J connectivity index is 2.06. The van der Waals surface area contributed by atoms with Crippen molar-refractivity contribution in [2.75, 3.05) is 44.4 Å². The normalized spacial score (nSPS) is 20.5. The van der Waals surface area contributed by atoms with Crippen molar-refractivity contribution in [1.29, 1.82) is 0 Å². The van der Waals surface area contributed by atoms with Crippen molar-refractivity contribution in [3.05, 3.63) is 5.82 Å². The minimum absolute atomic E-state index is 0.279. The number of aromatic nitrogens is 3. The zero-order chi connectivity index (χ0) is 13.8. The molecule has 0 bridgehead atoms. The zero-order valence-corrected chi connectivity index (χ0v) is 11.7. The van der Waals surface area contributed by atoms with Gasteiger partial charge in [0.05, 0.1) is 6.54 Å². The molecule has 0 aliphatic carbocycles. The molecule has 2 heterocycles. The van der Waals surface area contributed by atoms with Crippen LogP contribution in [0.25, 0.3) is 0 Å². The van der Waals surface area contributed by atoms with E-state index in [1.54, 1.807) is 0 Å². The van der Waals surface area contributed by atoms with Crippen molar-refractivity contribution in [3.63, 3.8) is 0 Å². The molecule has 0 amide bonds. The Morgan fingerprint density at radius 3 is 2.79 bits per heavy atom. The summed E-state index contributed by atoms with van der Waals surface area (Å²) in [4.78, 5) is 16.9. The van der Waals surface area contributed by atoms with Crippen molar-refractivity contribution in [2.24, 2.45) is 11.7 Å². The first-order chi connectivity index (χ1) is 9.08. The van der Waals surface area contributed by atoms with Crippen LogP contribution < -0.4 is 16.4 Å². The van der Waals surface area contributed by atoms with Gasteiger partial charge in [0.25, 0.3) is 0 Å². The molecule has 0 spiro atoms. The number of likely N-dealkylation sites (tertiary alicyclic amines) is 1. The van der Waals surface area contributed by atoms with Crippen LogP contribution in [0.5, 0.6) is 0 Å². The number of hydrogen-bond acceptors (Lipinski definition) is 7. The smallest absolute Gasteiger partial charge is 0.229 e. The minimum Gasteiger partial charge on any atom is -0.368 e. The van der Waals surface area contributed by atoms with Crippen molar-refractivity contribution < 1.29 is 0 Å². The summed E-state index contributed by atoms with van der Waals surface area (Å²) >= 11 is 0. The molecule has 1 saturated heterocycles. The molecular weight excluding hydrogens is 242 g/mol. The molecule has 1 aliphatic rings. The summed E-state index contributed by atoms with van der Waals surface area (Å²) in [5.74, 6) is 2.20. The van der Waals surface area contributed by atoms with Crippen LogP contribution in [0, 0.1) is 5.92 Å². The second-order valence-corrected chi connectivity index (χ2v) is 5.28. The fourth-order valence-electron chi connectivity index (χ4n) is 2.38. The second kappa shape index (κ2) is 6.12. The van der Waals surface area contributed by atoms with E-state index in [2.05, 4.69) is 19.9 Å². The molecule has 1 fully saturated rings. The number of nitrogen functional groups attached to an aromatic ring is 1. The lowest BCUT2D eigenvalue weighted by Crippen LogP contribution is -2.38. The van der Waals surface area contributed by atoms with Crippen molar-refractivity contribution in [1.82, 2.24) is 19.9 Å². The van der Waals surface area contributed by atoms with Gasteiger partial charge in [-0.05, 0) is 31.8 Å². The summed E-state index contributed by atoms with van der Waals surface area (Å²) in [5, 5.41) is 0. The number of piperidine rings is 1. The first-order valence-corrected chi connectivity index (χ1v) is 6.68. The van der Waals surface area contributed by atoms with E-state index in [1.807, 2.05) is 19.0 Å². The SMILES string of the molecule is CN(C)c1nc(N)nc(CN2CCCC(CN)C2)n1. The molecule has 0 saturated carbocycles. The Labute approximate surface area is 114 Å². The van der Waals surface area contributed by atoms with Gasteiger partial charge in [-0.15, -0.1) is 0 Å². The van der Waals surface area contributed by atoms with Gasteiger partial charge in [0.1, 0.15) is 5.82 Å². The van der Waals surface area contributed by atoms with Crippen LogP contribution in [-0.2, 0) is 6.54 Å². The highest BCUT2D eigenvalue weighted by molar-refractivity contribution is 5.32. The van der Waals surface area contributed by atoms with Crippen LogP contribution in [-0.4, -0.2) is 53.6 Å². The van der Waals surface area contributed by atoms with Gasteiger partial charge >= 0.3 is 0 Å². The van der Waals surface area contributed by atoms with E-state index in [0.29, 0.717) is 18.4 Å². The van der Waals surface area contributed by atoms with Crippen molar-refractivity contribution in [3.8, 4) is 0 Å². The third kappa shape index (κ3) is 3.74. The fraction of sp³-hybridized carbons (Fsp3) is 0.750. The standard InChI is InChI=1S/C12H23N7/c1-18(2)12-16-10(15-11(14)17-12)8-19-5-3-4-9(6-13)7-19/h9H,3-8,13H2,1-2H3,(H2,14,15,16,17). The molecule has 0 radical (unpaired) electrons. The third-order valence-corrected chi connectivity index (χ3v) is 3.39. The van der Waals surface area contributed by atoms with E-state index in [-0.39, 0.29) is 5.95 Å². The predicted octanol–water partition coefficient (Wildman–Crippen LogP) is -0.309. The summed E-state index contributed by atoms with van der Waals surface area (Å²) in [6.07, 6.45) is 2.40. The lowest BCUT2D eigenvalue weighted by atomic mass is 9.98. The van der Waals surface area contributed by atoms with Gasteiger partial charge in [-0.2, -0.15) is 15.0 Å². The number of anilines is 2. The van der Waals surface area contributed by atoms with Crippen molar-refractivity contribution >= 4 is 11.9 Å². The summed E-state index contributed by atoms with van der Waals surface area (Å²) in [6.45, 7) is 3.54. The maximum absolute atomic E-state index is 5.75. The Bertz CT molecular complexity index is 421. The zero-order valence-electron chi connectivity index (χ0n) is 11.7. The molecule has 1 aromatic heterocycles. The van der Waals surface area contributed by atoms with Gasteiger partial charge in [-0.1, -0.05) is 0 Å². The first-order valence-electron chi connectivity index (χ1n) is 6.68. The topological polar surface area (TPSA) is 97.2 Å². The molecule has 4 N–H and O–H groups in total. The molecule has 106 valence electrons. The second-order valence-electron chi connectivity index (χ2n) is 5.28. The van der Waals surface area contributed by atoms with Crippen LogP contribution in [0.4, 0.5) is 11.9 Å². The maximum atomic E-state index is 5.75. The summed E-state index contributed by atoms with van der Waals surface area (Å²) < 4.78 is 0. The minimum atomic E-state index is 0.279. The van der Waals surface area contributed by atoms with E-state index < -0.39 is 0 Å². The molecule has 1 aromatic rings. The van der Waals surface area contributed by atoms with E-state index in [1.165, 1.54) is 12.8 Å². The average molecular weight is 265 g/mol. The highest BCUT2D eigenvalue weighted by atomic mass is 15.3. The molecule has 7 heteroatoms. The Morgan fingerprint density at radius 2 is 2.11 bits per heavy atom. The van der Waals surface area contributed by atoms with Gasteiger partial charge in [0, 0.05) is 20.6 Å². The van der Waals surface area contributed by atoms with Crippen LogP contribution in [0.3, 0.4) is 0 Å². The monoisotopic (exact) mass is 265 g/mol. The van der Waals surface area contributed by atoms with Crippen LogP contribution in [0.2, 0.25) is 0 Å². The van der Waals surface area contributed by atoms with Gasteiger partial charge in [0.2, 0.25) is 11.9 Å². The third-order valence-electron chi connectivity index (χ3n) is 3.39. The molecule has 0 aromatic carbocycles. The van der Waals surface area contributed by atoms with Crippen molar-refractivity contribution in [2.45, 2.75) is 19.4 Å². The fourth-order valence-corrected chi connectivity index (χ4v) is 2.38. The van der Waals surface area contributed by atoms with Gasteiger partial charge in [-0.3, -0.25) is 4.90 Å². The molecule has 2 rings (SSSR count). The number of nitrogens with two attached hydrogens (primary N) is 2. The number of hydrogen-bond donors (Lipinski definition) is 2. The summed E-state index contributed by atoms with van der Waals surface area (Å²) in [5.41, 5.74) is 11.5. The van der Waals surface area contributed by atoms with Crippen LogP contribution in [0.1, 0.15) is 18.7 Å². The van der Waals surface area contributed by atoms with Gasteiger partial charge in [-0.25, -0.2) is 0 Å². The van der Waals surface area contributed by atoms with Gasteiger partial charge in [0.15, 0.2) is 0 Å². The average Bonchev–Trinajstić information content (AvgIpc) is 2.38. The number of nitrogens with zero attached hydrogens (tertiary/aromatic N) is 5. The first kappa shape index (κ1) is 14.0. The van der Waals surface area contributed by atoms with E-state index in [0.717, 1.165) is 25.5 Å². The molecular formula is C12H23N7. The summed E-state index contributed by atoms with van der Waals surface area (Å²) in [6, 6.07) is 0. The maximum Gasteiger partial charge on any atom is 0.229 e. The molecule has 7 nitrogen and oxygen atoms in total. The Morgan fingerprint density at radius 1 is 1.32 bits per heavy atom. The van der Waals surface area contributed by atoms with Gasteiger partial charge < -0.3 is 16.4 Å². The predicted molar refractivity (Wildman–Crippen MR) is 75.6 cm³/mol. The Kier molecular flexibility index (Phi) is 4.49. The Hall–Kier alpha value is -1.47. The van der Waals surface area contributed by atoms with E-state index >= 15 is 0 Å². The molecule has 1 aliphatic heterocycles. The highest BCUT2D eigenvalue weighted by Gasteiger charge is 2.20. The van der Waals surface area contributed by atoms with E-state index in [4.69, 9.17) is 11.5 Å². The quantitative estimate of drug-likeness (QED) is 0.770. The molecule has 1 atom stereocenters. The van der Waals surface area contributed by atoms with Crippen LogP contribution >= 0.6 is 0 Å². The number of rotatable bonds is 4. The highest BCUT2D eigenvalue weighted by Crippen LogP contribution is 2.17. The lowest BCUT2D eigenvalue weighted by molar-refractivity contribution is 0.167. The molecule has 1 unspecified atom stereocenters. The lowest BCUT2D eigenvalue weighted by Gasteiger charge is -2.31. The van der Waals surface area contributed by atoms with Crippen LogP contribution in [0.15, 0.2) is 0 Å². The van der Waals surface area contributed by atoms with E-state index in [9.17, 15) is 0 Å². The largest absolute Gasteiger partial charge is 0.368 e. The molecule has 19 heavy (non-hydrogen) atoms.